The van der Waals surface area contributed by atoms with Crippen molar-refractivity contribution in [1.82, 2.24) is 10.2 Å². The maximum Gasteiger partial charge on any atom is 0.169 e. The number of thioether (sulfide) groups is 1. The van der Waals surface area contributed by atoms with Crippen LogP contribution in [0.2, 0.25) is 0 Å². The third kappa shape index (κ3) is 4.68. The van der Waals surface area contributed by atoms with Gasteiger partial charge in [0.1, 0.15) is 5.75 Å². The normalized spacial score (nSPS) is 15.1. The minimum absolute atomic E-state index is 0.351. The Morgan fingerprint density at radius 2 is 2.00 bits per heavy atom. The maximum absolute atomic E-state index is 9.91. The number of hydrogen-bond acceptors (Lipinski definition) is 4. The standard InChI is InChI=1S/C15H23N3OS2/c1-21-12-4-7-16-15(20)18-10-8-17(9-11-18)13-5-2-3-6-14(13)19/h2-3,5-6,19H,4,7-12H2,1H3,(H,16,20). The molecule has 21 heavy (non-hydrogen) atoms. The Kier molecular flexibility index (Phi) is 6.45. The second-order valence-corrected chi connectivity index (χ2v) is 6.41. The Bertz CT molecular complexity index is 462. The van der Waals surface area contributed by atoms with Crippen LogP contribution < -0.4 is 10.2 Å². The first kappa shape index (κ1) is 16.2. The van der Waals surface area contributed by atoms with Crippen molar-refractivity contribution in [2.75, 3.05) is 49.6 Å². The summed E-state index contributed by atoms with van der Waals surface area (Å²) in [6, 6.07) is 7.51. The van der Waals surface area contributed by atoms with Gasteiger partial charge in [-0.3, -0.25) is 0 Å². The van der Waals surface area contributed by atoms with Gasteiger partial charge >= 0.3 is 0 Å². The molecule has 0 atom stereocenters. The molecule has 1 aromatic carbocycles. The zero-order valence-corrected chi connectivity index (χ0v) is 14.1. The van der Waals surface area contributed by atoms with E-state index in [1.165, 1.54) is 0 Å². The third-order valence-corrected chi connectivity index (χ3v) is 4.69. The van der Waals surface area contributed by atoms with Crippen LogP contribution in [0.1, 0.15) is 6.42 Å². The Morgan fingerprint density at radius 3 is 2.67 bits per heavy atom. The molecule has 1 aliphatic rings. The SMILES string of the molecule is CSCCCNC(=S)N1CCN(c2ccccc2O)CC1. The molecule has 116 valence electrons. The number of nitrogens with one attached hydrogen (secondary N) is 1. The number of anilines is 1. The topological polar surface area (TPSA) is 38.7 Å². The highest BCUT2D eigenvalue weighted by atomic mass is 32.2. The molecule has 0 bridgehead atoms. The highest BCUT2D eigenvalue weighted by Crippen LogP contribution is 2.27. The summed E-state index contributed by atoms with van der Waals surface area (Å²) in [4.78, 5) is 4.42. The molecule has 0 aromatic heterocycles. The van der Waals surface area contributed by atoms with Crippen LogP contribution in [0, 0.1) is 0 Å². The molecule has 6 heteroatoms. The molecule has 1 fully saturated rings. The lowest BCUT2D eigenvalue weighted by molar-refractivity contribution is 0.377. The predicted molar refractivity (Wildman–Crippen MR) is 95.5 cm³/mol. The van der Waals surface area contributed by atoms with Crippen LogP contribution in [0.5, 0.6) is 5.75 Å². The summed E-state index contributed by atoms with van der Waals surface area (Å²) < 4.78 is 0. The molecule has 0 saturated carbocycles. The zero-order chi connectivity index (χ0) is 15.1. The summed E-state index contributed by atoms with van der Waals surface area (Å²) in [5.41, 5.74) is 0.913. The monoisotopic (exact) mass is 325 g/mol. The van der Waals surface area contributed by atoms with Crippen LogP contribution in [-0.4, -0.2) is 59.9 Å². The van der Waals surface area contributed by atoms with Crippen molar-refractivity contribution in [3.8, 4) is 5.75 Å². The van der Waals surface area contributed by atoms with Crippen LogP contribution in [0.15, 0.2) is 24.3 Å². The number of benzene rings is 1. The Balaban J connectivity index is 1.78. The van der Waals surface area contributed by atoms with E-state index in [0.717, 1.165) is 55.7 Å². The van der Waals surface area contributed by atoms with Gasteiger partial charge in [-0.25, -0.2) is 0 Å². The minimum Gasteiger partial charge on any atom is -0.506 e. The van der Waals surface area contributed by atoms with E-state index in [4.69, 9.17) is 12.2 Å². The summed E-state index contributed by atoms with van der Waals surface area (Å²) in [6.07, 6.45) is 3.26. The molecule has 1 aliphatic heterocycles. The Labute approximate surface area is 136 Å². The van der Waals surface area contributed by atoms with Crippen molar-refractivity contribution in [3.05, 3.63) is 24.3 Å². The van der Waals surface area contributed by atoms with E-state index in [1.807, 2.05) is 30.0 Å². The predicted octanol–water partition coefficient (Wildman–Crippen LogP) is 2.14. The molecule has 2 N–H and O–H groups in total. The van der Waals surface area contributed by atoms with Crippen molar-refractivity contribution in [1.29, 1.82) is 0 Å². The number of aromatic hydroxyl groups is 1. The number of rotatable bonds is 5. The quantitative estimate of drug-likeness (QED) is 0.638. The number of phenols is 1. The van der Waals surface area contributed by atoms with Crippen LogP contribution in [0.3, 0.4) is 0 Å². The molecule has 0 unspecified atom stereocenters. The van der Waals surface area contributed by atoms with E-state index in [9.17, 15) is 5.11 Å². The van der Waals surface area contributed by atoms with Gasteiger partial charge in [0, 0.05) is 32.7 Å². The van der Waals surface area contributed by atoms with Gasteiger partial charge in [-0.15, -0.1) is 0 Å². The molecule has 2 rings (SSSR count). The van der Waals surface area contributed by atoms with Gasteiger partial charge in [-0.1, -0.05) is 12.1 Å². The maximum atomic E-state index is 9.91. The van der Waals surface area contributed by atoms with E-state index < -0.39 is 0 Å². The fourth-order valence-electron chi connectivity index (χ4n) is 2.41. The number of para-hydroxylation sites is 2. The Hall–Kier alpha value is -1.14. The fourth-order valence-corrected chi connectivity index (χ4v) is 3.12. The van der Waals surface area contributed by atoms with Crippen molar-refractivity contribution < 1.29 is 5.11 Å². The second-order valence-electron chi connectivity index (χ2n) is 5.04. The van der Waals surface area contributed by atoms with Crippen LogP contribution in [0.4, 0.5) is 5.69 Å². The molecule has 0 aliphatic carbocycles. The lowest BCUT2D eigenvalue weighted by atomic mass is 10.2. The number of piperazine rings is 1. The van der Waals surface area contributed by atoms with Gasteiger partial charge in [-0.2, -0.15) is 11.8 Å². The third-order valence-electron chi connectivity index (χ3n) is 3.59. The smallest absolute Gasteiger partial charge is 0.169 e. The molecule has 1 aromatic rings. The van der Waals surface area contributed by atoms with Crippen molar-refractivity contribution in [2.24, 2.45) is 0 Å². The highest BCUT2D eigenvalue weighted by molar-refractivity contribution is 7.98. The number of thiocarbonyl (C=S) groups is 1. The van der Waals surface area contributed by atoms with Gasteiger partial charge in [0.15, 0.2) is 5.11 Å². The zero-order valence-electron chi connectivity index (χ0n) is 12.4. The van der Waals surface area contributed by atoms with Gasteiger partial charge in [0.05, 0.1) is 5.69 Å². The minimum atomic E-state index is 0.351. The summed E-state index contributed by atoms with van der Waals surface area (Å²) in [6.45, 7) is 4.49. The fraction of sp³-hybridized carbons (Fsp3) is 0.533. The molecule has 1 heterocycles. The molecular formula is C15H23N3OS2. The van der Waals surface area contributed by atoms with Crippen molar-refractivity contribution in [2.45, 2.75) is 6.42 Å². The lowest BCUT2D eigenvalue weighted by Gasteiger charge is -2.37. The summed E-state index contributed by atoms with van der Waals surface area (Å²) in [5, 5.41) is 14.1. The highest BCUT2D eigenvalue weighted by Gasteiger charge is 2.20. The average molecular weight is 326 g/mol. The van der Waals surface area contributed by atoms with E-state index in [-0.39, 0.29) is 0 Å². The molecule has 4 nitrogen and oxygen atoms in total. The van der Waals surface area contributed by atoms with Crippen LogP contribution >= 0.6 is 24.0 Å². The molecular weight excluding hydrogens is 302 g/mol. The van der Waals surface area contributed by atoms with E-state index in [0.29, 0.717) is 5.75 Å². The molecule has 0 radical (unpaired) electrons. The first-order valence-corrected chi connectivity index (χ1v) is 9.07. The van der Waals surface area contributed by atoms with Gasteiger partial charge in [0.25, 0.3) is 0 Å². The molecule has 1 saturated heterocycles. The number of hydrogen-bond donors (Lipinski definition) is 2. The number of nitrogens with zero attached hydrogens (tertiary/aromatic N) is 2. The van der Waals surface area contributed by atoms with Crippen LogP contribution in [-0.2, 0) is 0 Å². The summed E-state index contributed by atoms with van der Waals surface area (Å²) in [7, 11) is 0. The average Bonchev–Trinajstić information content (AvgIpc) is 2.52. The van der Waals surface area contributed by atoms with E-state index in [1.54, 1.807) is 6.07 Å². The first-order valence-electron chi connectivity index (χ1n) is 7.27. The largest absolute Gasteiger partial charge is 0.506 e. The first-order chi connectivity index (χ1) is 10.2. The van der Waals surface area contributed by atoms with Crippen molar-refractivity contribution >= 4 is 34.8 Å². The molecule has 0 amide bonds. The Morgan fingerprint density at radius 1 is 1.29 bits per heavy atom. The number of phenolic OH excluding ortho intramolecular Hbond substituents is 1. The van der Waals surface area contributed by atoms with E-state index >= 15 is 0 Å². The second kappa shape index (κ2) is 8.34. The van der Waals surface area contributed by atoms with Gasteiger partial charge in [-0.05, 0) is 42.8 Å². The summed E-state index contributed by atoms with van der Waals surface area (Å²) in [5.74, 6) is 1.51. The van der Waals surface area contributed by atoms with Gasteiger partial charge < -0.3 is 20.2 Å². The summed E-state index contributed by atoms with van der Waals surface area (Å²) >= 11 is 7.31. The van der Waals surface area contributed by atoms with E-state index in [2.05, 4.69) is 21.4 Å². The lowest BCUT2D eigenvalue weighted by Crippen LogP contribution is -2.51. The van der Waals surface area contributed by atoms with Crippen LogP contribution in [0.25, 0.3) is 0 Å². The van der Waals surface area contributed by atoms with Crippen molar-refractivity contribution in [3.63, 3.8) is 0 Å². The van der Waals surface area contributed by atoms with Gasteiger partial charge in [0.2, 0.25) is 0 Å². The molecule has 0 spiro atoms.